The maximum absolute atomic E-state index is 11.3. The Morgan fingerprint density at radius 1 is 1.18 bits per heavy atom. The normalized spacial score (nSPS) is 31.3. The third-order valence-electron chi connectivity index (χ3n) is 6.45. The van der Waals surface area contributed by atoms with Crippen LogP contribution >= 0.6 is 34.2 Å². The lowest BCUT2D eigenvalue weighted by atomic mass is 9.96. The van der Waals surface area contributed by atoms with Gasteiger partial charge in [0.25, 0.3) is 0 Å². The van der Waals surface area contributed by atoms with Gasteiger partial charge in [0.15, 0.2) is 12.1 Å². The standard InChI is InChI=1S/C24H24ClIN4O4/c1-12-28-23(30(29-12)16-9-15(25)10-27-19(16)13-7-8-13)22-20(31)18(26)21-17(33-22)11-32-24(34-21)14-5-3-2-4-6-14/h2-6,9-10,13,17-18,20-22,24,31H,7-8,11H2,1H3/t17?,18?,20?,21-,22+,24?/m0/s1. The van der Waals surface area contributed by atoms with E-state index in [4.69, 9.17) is 25.8 Å². The van der Waals surface area contributed by atoms with Crippen molar-refractivity contribution in [2.24, 2.45) is 0 Å². The Bertz CT molecular complexity index is 1190. The smallest absolute Gasteiger partial charge is 0.184 e. The van der Waals surface area contributed by atoms with Crippen LogP contribution in [0.2, 0.25) is 5.02 Å². The van der Waals surface area contributed by atoms with E-state index in [0.29, 0.717) is 29.2 Å². The monoisotopic (exact) mass is 594 g/mol. The summed E-state index contributed by atoms with van der Waals surface area (Å²) < 4.78 is 20.1. The Morgan fingerprint density at radius 3 is 2.74 bits per heavy atom. The van der Waals surface area contributed by atoms with Crippen molar-refractivity contribution in [2.45, 2.75) is 60.3 Å². The molecule has 3 fully saturated rings. The minimum absolute atomic E-state index is 0.234. The third kappa shape index (κ3) is 4.16. The van der Waals surface area contributed by atoms with Crippen LogP contribution in [0.25, 0.3) is 5.69 Å². The van der Waals surface area contributed by atoms with Crippen molar-refractivity contribution < 1.29 is 19.3 Å². The van der Waals surface area contributed by atoms with E-state index in [1.165, 1.54) is 0 Å². The largest absolute Gasteiger partial charge is 0.389 e. The Labute approximate surface area is 215 Å². The molecule has 3 aliphatic rings. The third-order valence-corrected chi connectivity index (χ3v) is 8.10. The van der Waals surface area contributed by atoms with Gasteiger partial charge in [-0.3, -0.25) is 4.98 Å². The van der Waals surface area contributed by atoms with Crippen molar-refractivity contribution in [3.63, 3.8) is 0 Å². The zero-order chi connectivity index (χ0) is 23.4. The molecule has 0 amide bonds. The Balaban J connectivity index is 1.31. The average molecular weight is 595 g/mol. The minimum Gasteiger partial charge on any atom is -0.389 e. The van der Waals surface area contributed by atoms with Gasteiger partial charge >= 0.3 is 0 Å². The van der Waals surface area contributed by atoms with E-state index >= 15 is 0 Å². The number of aliphatic hydroxyl groups is 1. The van der Waals surface area contributed by atoms with E-state index in [1.807, 2.05) is 43.3 Å². The molecule has 34 heavy (non-hydrogen) atoms. The topological polar surface area (TPSA) is 91.5 Å². The van der Waals surface area contributed by atoms with Crippen molar-refractivity contribution in [1.82, 2.24) is 19.7 Å². The number of rotatable bonds is 4. The van der Waals surface area contributed by atoms with Crippen LogP contribution < -0.4 is 0 Å². The highest BCUT2D eigenvalue weighted by Gasteiger charge is 2.50. The summed E-state index contributed by atoms with van der Waals surface area (Å²) in [6, 6.07) is 11.7. The fourth-order valence-corrected chi connectivity index (χ4v) is 5.81. The van der Waals surface area contributed by atoms with Gasteiger partial charge in [-0.15, -0.1) is 0 Å². The number of fused-ring (bicyclic) bond motifs is 1. The molecular weight excluding hydrogens is 571 g/mol. The summed E-state index contributed by atoms with van der Waals surface area (Å²) in [5.74, 6) is 1.50. The molecule has 10 heteroatoms. The fourth-order valence-electron chi connectivity index (χ4n) is 4.65. The first-order valence-electron chi connectivity index (χ1n) is 11.4. The first-order valence-corrected chi connectivity index (χ1v) is 13.0. The second-order valence-corrected chi connectivity index (χ2v) is 10.8. The number of hydrogen-bond donors (Lipinski definition) is 1. The molecule has 1 aromatic carbocycles. The Hall–Kier alpha value is -1.63. The van der Waals surface area contributed by atoms with Gasteiger partial charge in [-0.1, -0.05) is 64.5 Å². The second kappa shape index (κ2) is 9.11. The molecule has 0 spiro atoms. The summed E-state index contributed by atoms with van der Waals surface area (Å²) in [4.78, 5) is 9.24. The predicted octanol–water partition coefficient (Wildman–Crippen LogP) is 4.22. The number of hydrogen-bond acceptors (Lipinski definition) is 7. The van der Waals surface area contributed by atoms with Crippen LogP contribution in [0.5, 0.6) is 0 Å². The maximum atomic E-state index is 11.3. The first kappa shape index (κ1) is 22.8. The van der Waals surface area contributed by atoms with Gasteiger partial charge in [-0.2, -0.15) is 5.10 Å². The van der Waals surface area contributed by atoms with E-state index in [9.17, 15) is 5.11 Å². The van der Waals surface area contributed by atoms with Crippen LogP contribution in [0.1, 0.15) is 54.1 Å². The van der Waals surface area contributed by atoms with Crippen molar-refractivity contribution >= 4 is 34.2 Å². The van der Waals surface area contributed by atoms with E-state index in [2.05, 4.69) is 37.7 Å². The summed E-state index contributed by atoms with van der Waals surface area (Å²) in [7, 11) is 0. The summed E-state index contributed by atoms with van der Waals surface area (Å²) in [6.45, 7) is 2.18. The highest BCUT2D eigenvalue weighted by atomic mass is 127. The zero-order valence-electron chi connectivity index (χ0n) is 18.4. The Kier molecular flexibility index (Phi) is 6.11. The van der Waals surface area contributed by atoms with E-state index in [0.717, 1.165) is 29.8 Å². The fraction of sp³-hybridized carbons (Fsp3) is 0.458. The number of alkyl halides is 1. The maximum Gasteiger partial charge on any atom is 0.184 e. The van der Waals surface area contributed by atoms with Crippen molar-refractivity contribution in [3.8, 4) is 5.69 Å². The van der Waals surface area contributed by atoms with Crippen molar-refractivity contribution in [2.75, 3.05) is 6.61 Å². The summed E-state index contributed by atoms with van der Waals surface area (Å²) in [5.41, 5.74) is 2.67. The van der Waals surface area contributed by atoms with Gasteiger partial charge in [0.2, 0.25) is 0 Å². The molecule has 1 saturated carbocycles. The quantitative estimate of drug-likeness (QED) is 0.357. The van der Waals surface area contributed by atoms with Crippen molar-refractivity contribution in [3.05, 3.63) is 70.5 Å². The van der Waals surface area contributed by atoms with Crippen LogP contribution in [-0.4, -0.2) is 53.7 Å². The molecular formula is C24H24ClIN4O4. The molecule has 3 aromatic rings. The molecule has 0 bridgehead atoms. The molecule has 2 saturated heterocycles. The molecule has 1 N–H and O–H groups in total. The predicted molar refractivity (Wildman–Crippen MR) is 132 cm³/mol. The summed E-state index contributed by atoms with van der Waals surface area (Å²) in [5, 5.41) is 16.5. The number of nitrogens with zero attached hydrogens (tertiary/aromatic N) is 4. The number of ether oxygens (including phenoxy) is 3. The zero-order valence-corrected chi connectivity index (χ0v) is 21.3. The molecule has 0 radical (unpaired) electrons. The number of benzene rings is 1. The van der Waals surface area contributed by atoms with Crippen LogP contribution in [0, 0.1) is 6.92 Å². The molecule has 8 nitrogen and oxygen atoms in total. The lowest BCUT2D eigenvalue weighted by Gasteiger charge is -2.46. The SMILES string of the molecule is Cc1nc([C@@H]2OC3COC(c4ccccc4)O[C@@H]3C(I)C2O)n(-c2cc(Cl)cnc2C2CC2)n1. The molecule has 1 aliphatic carbocycles. The van der Waals surface area contributed by atoms with Gasteiger partial charge in [-0.05, 0) is 25.8 Å². The van der Waals surface area contributed by atoms with Crippen LogP contribution in [0.3, 0.4) is 0 Å². The van der Waals surface area contributed by atoms with Gasteiger partial charge in [0, 0.05) is 17.7 Å². The highest BCUT2D eigenvalue weighted by molar-refractivity contribution is 14.1. The van der Waals surface area contributed by atoms with E-state index in [1.54, 1.807) is 10.9 Å². The summed E-state index contributed by atoms with van der Waals surface area (Å²) >= 11 is 8.56. The van der Waals surface area contributed by atoms with Gasteiger partial charge in [0.1, 0.15) is 30.2 Å². The first-order chi connectivity index (χ1) is 16.5. The molecule has 4 unspecified atom stereocenters. The van der Waals surface area contributed by atoms with Crippen molar-refractivity contribution in [1.29, 1.82) is 0 Å². The van der Waals surface area contributed by atoms with Gasteiger partial charge in [-0.25, -0.2) is 9.67 Å². The van der Waals surface area contributed by atoms with Gasteiger partial charge < -0.3 is 19.3 Å². The lowest BCUT2D eigenvalue weighted by molar-refractivity contribution is -0.299. The molecule has 6 atom stereocenters. The molecule has 2 aliphatic heterocycles. The van der Waals surface area contributed by atoms with E-state index in [-0.39, 0.29) is 16.1 Å². The molecule has 4 heterocycles. The average Bonchev–Trinajstić information content (AvgIpc) is 3.62. The van der Waals surface area contributed by atoms with Crippen LogP contribution in [0.15, 0.2) is 42.6 Å². The minimum atomic E-state index is -0.852. The molecule has 2 aromatic heterocycles. The van der Waals surface area contributed by atoms with Crippen LogP contribution in [-0.2, 0) is 14.2 Å². The second-order valence-electron chi connectivity index (χ2n) is 8.97. The molecule has 178 valence electrons. The number of halogens is 2. The lowest BCUT2D eigenvalue weighted by Crippen LogP contribution is -2.57. The van der Waals surface area contributed by atoms with E-state index < -0.39 is 18.5 Å². The number of aryl methyl sites for hydroxylation is 1. The number of aromatic nitrogens is 4. The summed E-state index contributed by atoms with van der Waals surface area (Å²) in [6.07, 6.45) is 1.13. The highest BCUT2D eigenvalue weighted by Crippen LogP contribution is 2.44. The Morgan fingerprint density at radius 2 is 1.97 bits per heavy atom. The number of aliphatic hydroxyl groups excluding tert-OH is 1. The molecule has 6 rings (SSSR count). The van der Waals surface area contributed by atoms with Crippen LogP contribution in [0.4, 0.5) is 0 Å². The van der Waals surface area contributed by atoms with Gasteiger partial charge in [0.05, 0.1) is 26.9 Å². The number of pyridine rings is 1.